The van der Waals surface area contributed by atoms with Gasteiger partial charge >= 0.3 is 5.97 Å². The fourth-order valence-electron chi connectivity index (χ4n) is 6.89. The van der Waals surface area contributed by atoms with E-state index in [1.807, 2.05) is 12.1 Å². The molecule has 4 bridgehead atoms. The lowest BCUT2D eigenvalue weighted by atomic mass is 9.52. The fraction of sp³-hybridized carbons (Fsp3) is 0.720. The zero-order valence-corrected chi connectivity index (χ0v) is 20.1. The molecule has 180 valence electrons. The lowest BCUT2D eigenvalue weighted by molar-refractivity contribution is -0.142. The van der Waals surface area contributed by atoms with Crippen molar-refractivity contribution in [1.82, 2.24) is 10.3 Å². The summed E-state index contributed by atoms with van der Waals surface area (Å²) >= 11 is 1.62. The number of carbonyl (C=O) groups excluding carboxylic acids is 1. The number of anilines is 1. The highest BCUT2D eigenvalue weighted by atomic mass is 32.2. The third-order valence-corrected chi connectivity index (χ3v) is 9.44. The topological polar surface area (TPSA) is 103 Å². The van der Waals surface area contributed by atoms with E-state index in [-0.39, 0.29) is 17.9 Å². The Labute approximate surface area is 199 Å². The van der Waals surface area contributed by atoms with E-state index in [1.54, 1.807) is 11.8 Å². The number of hydrogen-bond acceptors (Lipinski definition) is 6. The summed E-state index contributed by atoms with van der Waals surface area (Å²) in [7, 11) is 0. The molecule has 2 atom stereocenters. The molecule has 2 unspecified atom stereocenters. The first-order chi connectivity index (χ1) is 15.8. The molecule has 8 heteroatoms. The molecule has 1 aromatic rings. The van der Waals surface area contributed by atoms with Gasteiger partial charge in [-0.2, -0.15) is 0 Å². The van der Waals surface area contributed by atoms with Crippen molar-refractivity contribution in [3.63, 3.8) is 0 Å². The second-order valence-electron chi connectivity index (χ2n) is 10.7. The van der Waals surface area contributed by atoms with Crippen molar-refractivity contribution >= 4 is 29.5 Å². The van der Waals surface area contributed by atoms with E-state index in [2.05, 4.69) is 17.1 Å². The van der Waals surface area contributed by atoms with Crippen LogP contribution in [0.25, 0.3) is 0 Å². The van der Waals surface area contributed by atoms with Crippen molar-refractivity contribution < 1.29 is 19.8 Å². The molecule has 5 aliphatic rings. The van der Waals surface area contributed by atoms with Gasteiger partial charge in [-0.3, -0.25) is 9.59 Å². The number of amides is 1. The third-order valence-electron chi connectivity index (χ3n) is 8.24. The Morgan fingerprint density at radius 1 is 1.18 bits per heavy atom. The van der Waals surface area contributed by atoms with Gasteiger partial charge in [0.2, 0.25) is 0 Å². The molecular weight excluding hydrogens is 438 g/mol. The number of thioether (sulfide) groups is 1. The Hall–Kier alpha value is -1.80. The number of piperidine rings is 1. The molecule has 7 nitrogen and oxygen atoms in total. The summed E-state index contributed by atoms with van der Waals surface area (Å²) in [5, 5.41) is 24.2. The molecule has 33 heavy (non-hydrogen) atoms. The number of rotatable bonds is 7. The van der Waals surface area contributed by atoms with Gasteiger partial charge in [-0.25, -0.2) is 4.98 Å². The Bertz CT molecular complexity index is 901. The second kappa shape index (κ2) is 9.10. The SMILES string of the molecule is CCCSc1nc(N2CCC(C(=O)O)CC2)ccc1C(=O)NC1C2CC3CC1CC(O)(C3)C2. The molecule has 4 saturated carbocycles. The number of aliphatic carboxylic acids is 1. The Kier molecular flexibility index (Phi) is 6.33. The lowest BCUT2D eigenvalue weighted by Gasteiger charge is -2.58. The molecule has 0 radical (unpaired) electrons. The molecule has 6 rings (SSSR count). The van der Waals surface area contributed by atoms with Crippen LogP contribution in [-0.2, 0) is 4.79 Å². The third kappa shape index (κ3) is 4.61. The molecule has 1 saturated heterocycles. The molecule has 5 fully saturated rings. The summed E-state index contributed by atoms with van der Waals surface area (Å²) < 4.78 is 0. The van der Waals surface area contributed by atoms with Crippen LogP contribution in [0.4, 0.5) is 5.82 Å². The predicted octanol–water partition coefficient (Wildman–Crippen LogP) is 3.55. The molecule has 2 heterocycles. The predicted molar refractivity (Wildman–Crippen MR) is 128 cm³/mol. The number of aromatic nitrogens is 1. The number of carboxylic acids is 1. The minimum atomic E-state index is -0.717. The van der Waals surface area contributed by atoms with E-state index in [1.165, 1.54) is 0 Å². The van der Waals surface area contributed by atoms with Crippen LogP contribution in [0.15, 0.2) is 17.2 Å². The highest BCUT2D eigenvalue weighted by Crippen LogP contribution is 2.55. The Balaban J connectivity index is 1.31. The fourth-order valence-corrected chi connectivity index (χ4v) is 7.76. The molecule has 1 aromatic heterocycles. The normalized spacial score (nSPS) is 33.3. The maximum absolute atomic E-state index is 13.4. The maximum Gasteiger partial charge on any atom is 0.306 e. The van der Waals surface area contributed by atoms with Gasteiger partial charge in [0.25, 0.3) is 5.91 Å². The number of carbonyl (C=O) groups is 2. The molecule has 0 aromatic carbocycles. The van der Waals surface area contributed by atoms with E-state index in [0.717, 1.165) is 55.1 Å². The number of pyridine rings is 1. The lowest BCUT2D eigenvalue weighted by Crippen LogP contribution is -2.61. The van der Waals surface area contributed by atoms with E-state index in [0.29, 0.717) is 49.2 Å². The number of hydrogen-bond donors (Lipinski definition) is 3. The van der Waals surface area contributed by atoms with Crippen LogP contribution in [-0.4, -0.2) is 57.6 Å². The quantitative estimate of drug-likeness (QED) is 0.521. The second-order valence-corrected chi connectivity index (χ2v) is 11.7. The van der Waals surface area contributed by atoms with Crippen molar-refractivity contribution in [2.75, 3.05) is 23.7 Å². The summed E-state index contributed by atoms with van der Waals surface area (Å²) in [6, 6.07) is 3.95. The molecule has 1 aliphatic heterocycles. The van der Waals surface area contributed by atoms with Crippen molar-refractivity contribution in [2.45, 2.75) is 75.0 Å². The zero-order chi connectivity index (χ0) is 23.2. The van der Waals surface area contributed by atoms with Crippen LogP contribution in [0.3, 0.4) is 0 Å². The largest absolute Gasteiger partial charge is 0.481 e. The number of nitrogens with zero attached hydrogens (tertiary/aromatic N) is 2. The summed E-state index contributed by atoms with van der Waals surface area (Å²) in [4.78, 5) is 31.7. The summed E-state index contributed by atoms with van der Waals surface area (Å²) in [5.41, 5.74) is 0.127. The van der Waals surface area contributed by atoms with E-state index >= 15 is 0 Å². The molecular formula is C25H35N3O4S. The van der Waals surface area contributed by atoms with Gasteiger partial charge < -0.3 is 20.4 Å². The smallest absolute Gasteiger partial charge is 0.306 e. The first-order valence-corrected chi connectivity index (χ1v) is 13.5. The van der Waals surface area contributed by atoms with Crippen molar-refractivity contribution in [3.05, 3.63) is 17.7 Å². The molecule has 3 N–H and O–H groups in total. The Morgan fingerprint density at radius 2 is 1.88 bits per heavy atom. The highest BCUT2D eigenvalue weighted by molar-refractivity contribution is 7.99. The summed E-state index contributed by atoms with van der Waals surface area (Å²) in [6.45, 7) is 3.46. The minimum absolute atomic E-state index is 0.0540. The van der Waals surface area contributed by atoms with Gasteiger partial charge in [0, 0.05) is 19.1 Å². The van der Waals surface area contributed by atoms with Crippen LogP contribution in [0.5, 0.6) is 0 Å². The van der Waals surface area contributed by atoms with Crippen LogP contribution >= 0.6 is 11.8 Å². The first kappa shape index (κ1) is 23.0. The van der Waals surface area contributed by atoms with Gasteiger partial charge in [-0.1, -0.05) is 6.92 Å². The average Bonchev–Trinajstić information content (AvgIpc) is 2.78. The van der Waals surface area contributed by atoms with Crippen LogP contribution in [0.2, 0.25) is 0 Å². The van der Waals surface area contributed by atoms with E-state index < -0.39 is 11.6 Å². The number of carboxylic acid groups (broad SMARTS) is 1. The standard InChI is InChI=1S/C25H35N3O4S/c1-2-9-33-23-19(3-4-20(26-23)28-7-5-16(6-8-28)24(30)31)22(29)27-21-17-10-15-11-18(21)14-25(32,12-15)13-17/h3-4,15-18,21,32H,2,5-14H2,1H3,(H,27,29)(H,30,31). The van der Waals surface area contributed by atoms with Crippen molar-refractivity contribution in [3.8, 4) is 0 Å². The van der Waals surface area contributed by atoms with Crippen molar-refractivity contribution in [2.24, 2.45) is 23.7 Å². The average molecular weight is 474 g/mol. The molecule has 4 aliphatic carbocycles. The van der Waals surface area contributed by atoms with Crippen LogP contribution in [0, 0.1) is 23.7 Å². The van der Waals surface area contributed by atoms with Crippen molar-refractivity contribution in [1.29, 1.82) is 0 Å². The highest BCUT2D eigenvalue weighted by Gasteiger charge is 2.55. The molecule has 1 amide bonds. The van der Waals surface area contributed by atoms with Gasteiger partial charge in [-0.05, 0) is 87.0 Å². The van der Waals surface area contributed by atoms with Gasteiger partial charge in [-0.15, -0.1) is 11.8 Å². The first-order valence-electron chi connectivity index (χ1n) is 12.5. The zero-order valence-electron chi connectivity index (χ0n) is 19.3. The van der Waals surface area contributed by atoms with Gasteiger partial charge in [0.15, 0.2) is 0 Å². The van der Waals surface area contributed by atoms with E-state index in [9.17, 15) is 19.8 Å². The van der Waals surface area contributed by atoms with E-state index in [4.69, 9.17) is 4.98 Å². The Morgan fingerprint density at radius 3 is 2.48 bits per heavy atom. The minimum Gasteiger partial charge on any atom is -0.481 e. The summed E-state index contributed by atoms with van der Waals surface area (Å²) in [5.74, 6) is 2.03. The van der Waals surface area contributed by atoms with Gasteiger partial charge in [0.05, 0.1) is 17.1 Å². The maximum atomic E-state index is 13.4. The molecule has 0 spiro atoms. The summed E-state index contributed by atoms with van der Waals surface area (Å²) in [6.07, 6.45) is 7.03. The number of nitrogens with one attached hydrogen (secondary N) is 1. The van der Waals surface area contributed by atoms with Gasteiger partial charge in [0.1, 0.15) is 10.8 Å². The van der Waals surface area contributed by atoms with Crippen LogP contribution < -0.4 is 10.2 Å². The number of aliphatic hydroxyl groups is 1. The van der Waals surface area contributed by atoms with Crippen LogP contribution in [0.1, 0.15) is 68.6 Å². The monoisotopic (exact) mass is 473 g/mol.